The SMILES string of the molecule is Cc1nc(-c2c3ncnn(N4CCN(Cc5ccc6cc(F)c(F)cc6n5)CC4)c-3c3c2CCCC3)sc1C. The summed E-state index contributed by atoms with van der Waals surface area (Å²) in [5.41, 5.74) is 8.54. The van der Waals surface area contributed by atoms with E-state index in [0.29, 0.717) is 17.4 Å². The quantitative estimate of drug-likeness (QED) is 0.306. The first-order chi connectivity index (χ1) is 19.0. The van der Waals surface area contributed by atoms with E-state index in [-0.39, 0.29) is 0 Å². The van der Waals surface area contributed by atoms with Gasteiger partial charge in [-0.3, -0.25) is 14.9 Å². The number of piperazine rings is 1. The second kappa shape index (κ2) is 9.60. The van der Waals surface area contributed by atoms with Crippen LogP contribution in [-0.2, 0) is 19.4 Å². The maximum atomic E-state index is 13.7. The van der Waals surface area contributed by atoms with Crippen LogP contribution in [0.1, 0.15) is 40.2 Å². The van der Waals surface area contributed by atoms with Gasteiger partial charge in [0.25, 0.3) is 0 Å². The summed E-state index contributed by atoms with van der Waals surface area (Å²) in [6.45, 7) is 8.18. The van der Waals surface area contributed by atoms with E-state index in [2.05, 4.69) is 33.5 Å². The number of thiazole rings is 1. The molecule has 0 unspecified atom stereocenters. The van der Waals surface area contributed by atoms with Crippen LogP contribution in [0.5, 0.6) is 0 Å². The molecule has 0 N–H and O–H groups in total. The number of hydrogen-bond acceptors (Lipinski definition) is 7. The van der Waals surface area contributed by atoms with Gasteiger partial charge in [0.05, 0.1) is 16.9 Å². The molecular weight excluding hydrogens is 516 g/mol. The van der Waals surface area contributed by atoms with Gasteiger partial charge in [0.15, 0.2) is 11.6 Å². The maximum absolute atomic E-state index is 13.7. The lowest BCUT2D eigenvalue weighted by molar-refractivity contribution is 0.225. The molecule has 0 bridgehead atoms. The van der Waals surface area contributed by atoms with Gasteiger partial charge in [-0.05, 0) is 62.8 Å². The number of aromatic nitrogens is 5. The average molecular weight is 546 g/mol. The second-order valence-electron chi connectivity index (χ2n) is 10.5. The smallest absolute Gasteiger partial charge is 0.161 e. The van der Waals surface area contributed by atoms with Crippen LogP contribution in [0.2, 0.25) is 0 Å². The molecule has 1 saturated heterocycles. The molecule has 7 rings (SSSR count). The number of halogens is 2. The fourth-order valence-corrected chi connectivity index (χ4v) is 6.95. The van der Waals surface area contributed by atoms with Crippen molar-refractivity contribution in [2.24, 2.45) is 0 Å². The summed E-state index contributed by atoms with van der Waals surface area (Å²) in [7, 11) is 0. The van der Waals surface area contributed by atoms with Crippen molar-refractivity contribution >= 4 is 22.2 Å². The van der Waals surface area contributed by atoms with Crippen molar-refractivity contribution in [2.45, 2.75) is 46.1 Å². The van der Waals surface area contributed by atoms with Gasteiger partial charge in [0.2, 0.25) is 0 Å². The number of hydrogen-bond donors (Lipinski definition) is 0. The summed E-state index contributed by atoms with van der Waals surface area (Å²) >= 11 is 1.76. The Labute approximate surface area is 229 Å². The Morgan fingerprint density at radius 3 is 2.46 bits per heavy atom. The van der Waals surface area contributed by atoms with Crippen LogP contribution in [0.3, 0.4) is 0 Å². The number of aryl methyl sites for hydroxylation is 2. The summed E-state index contributed by atoms with van der Waals surface area (Å²) in [5, 5.41) is 8.73. The van der Waals surface area contributed by atoms with Crippen molar-refractivity contribution in [3.8, 4) is 22.0 Å². The number of fused-ring (bicyclic) bond motifs is 4. The van der Waals surface area contributed by atoms with Crippen LogP contribution >= 0.6 is 11.3 Å². The zero-order chi connectivity index (χ0) is 26.7. The van der Waals surface area contributed by atoms with Crippen molar-refractivity contribution < 1.29 is 8.78 Å². The summed E-state index contributed by atoms with van der Waals surface area (Å²) in [6.07, 6.45) is 6.15. The minimum absolute atomic E-state index is 0.478. The van der Waals surface area contributed by atoms with Crippen LogP contribution in [0.25, 0.3) is 32.9 Å². The molecule has 2 aromatic heterocycles. The number of benzene rings is 1. The van der Waals surface area contributed by atoms with E-state index >= 15 is 0 Å². The molecule has 7 nitrogen and oxygen atoms in total. The van der Waals surface area contributed by atoms with E-state index in [1.54, 1.807) is 17.7 Å². The maximum Gasteiger partial charge on any atom is 0.161 e. The Bertz CT molecular complexity index is 1650. The molecule has 10 heteroatoms. The fourth-order valence-electron chi connectivity index (χ4n) is 5.96. The number of nitrogens with zero attached hydrogens (tertiary/aromatic N) is 7. The van der Waals surface area contributed by atoms with E-state index in [4.69, 9.17) is 15.1 Å². The van der Waals surface area contributed by atoms with Gasteiger partial charge in [-0.25, -0.2) is 18.7 Å². The van der Waals surface area contributed by atoms with Crippen LogP contribution in [-0.4, -0.2) is 55.9 Å². The van der Waals surface area contributed by atoms with Gasteiger partial charge in [0.1, 0.15) is 22.7 Å². The molecule has 0 spiro atoms. The van der Waals surface area contributed by atoms with Crippen molar-refractivity contribution in [2.75, 3.05) is 31.2 Å². The third kappa shape index (κ3) is 4.26. The molecule has 0 amide bonds. The minimum Gasteiger partial charge on any atom is -0.294 e. The predicted octanol–water partition coefficient (Wildman–Crippen LogP) is 5.28. The third-order valence-corrected chi connectivity index (χ3v) is 9.19. The van der Waals surface area contributed by atoms with Gasteiger partial charge < -0.3 is 0 Å². The Kier molecular flexibility index (Phi) is 6.04. The zero-order valence-electron chi connectivity index (χ0n) is 22.0. The molecule has 4 heterocycles. The van der Waals surface area contributed by atoms with Crippen molar-refractivity contribution in [3.05, 3.63) is 69.6 Å². The first-order valence-electron chi connectivity index (χ1n) is 13.5. The van der Waals surface area contributed by atoms with Crippen LogP contribution in [0.4, 0.5) is 8.78 Å². The first kappa shape index (κ1) is 24.5. The molecule has 39 heavy (non-hydrogen) atoms. The summed E-state index contributed by atoms with van der Waals surface area (Å²) in [4.78, 5) is 20.0. The molecule has 2 aliphatic carbocycles. The molecular formula is C29H29F2N7S. The van der Waals surface area contributed by atoms with Gasteiger partial charge in [-0.2, -0.15) is 4.79 Å². The fraction of sp³-hybridized carbons (Fsp3) is 0.379. The normalized spacial score (nSPS) is 16.4. The lowest BCUT2D eigenvalue weighted by Gasteiger charge is -2.37. The molecule has 3 aromatic rings. The van der Waals surface area contributed by atoms with E-state index in [0.717, 1.165) is 66.8 Å². The van der Waals surface area contributed by atoms with Crippen LogP contribution in [0.15, 0.2) is 30.6 Å². The molecule has 4 aliphatic rings. The van der Waals surface area contributed by atoms with E-state index in [1.807, 2.05) is 12.1 Å². The molecule has 0 radical (unpaired) electrons. The van der Waals surface area contributed by atoms with E-state index in [9.17, 15) is 8.78 Å². The monoisotopic (exact) mass is 545 g/mol. The summed E-state index contributed by atoms with van der Waals surface area (Å²) < 4.78 is 27.3. The first-order valence-corrected chi connectivity index (χ1v) is 14.3. The van der Waals surface area contributed by atoms with Gasteiger partial charge in [-0.1, -0.05) is 6.07 Å². The minimum atomic E-state index is -0.869. The summed E-state index contributed by atoms with van der Waals surface area (Å²) in [6, 6.07) is 6.08. The van der Waals surface area contributed by atoms with Crippen LogP contribution in [0, 0.1) is 25.5 Å². The Morgan fingerprint density at radius 2 is 1.69 bits per heavy atom. The topological polar surface area (TPSA) is 63.0 Å². The van der Waals surface area contributed by atoms with E-state index in [1.165, 1.54) is 46.5 Å². The highest BCUT2D eigenvalue weighted by atomic mass is 32.1. The van der Waals surface area contributed by atoms with Gasteiger partial charge >= 0.3 is 0 Å². The number of pyridine rings is 1. The number of rotatable bonds is 4. The lowest BCUT2D eigenvalue weighted by Crippen LogP contribution is -2.52. The highest BCUT2D eigenvalue weighted by molar-refractivity contribution is 7.15. The van der Waals surface area contributed by atoms with Crippen molar-refractivity contribution in [1.29, 1.82) is 0 Å². The standard InChI is InChI=1S/C29H29F2N7S/c1-17-18(2)39-29(34-17)26-21-5-3-4-6-22(21)28-27(26)32-16-33-38(28)37-11-9-36(10-12-37)15-20-8-7-19-13-23(30)24(31)14-25(19)35-20/h7-8,13-14,16H,3-6,9-12,15H2,1-2H3. The Morgan fingerprint density at radius 1 is 0.923 bits per heavy atom. The van der Waals surface area contributed by atoms with Gasteiger partial charge in [-0.15, -0.1) is 16.4 Å². The summed E-state index contributed by atoms with van der Waals surface area (Å²) in [5.74, 6) is -1.72. The molecule has 2 aliphatic heterocycles. The predicted molar refractivity (Wildman–Crippen MR) is 149 cm³/mol. The third-order valence-electron chi connectivity index (χ3n) is 8.10. The highest BCUT2D eigenvalue weighted by Gasteiger charge is 2.33. The largest absolute Gasteiger partial charge is 0.294 e. The van der Waals surface area contributed by atoms with Crippen LogP contribution < -0.4 is 5.01 Å². The molecule has 0 saturated carbocycles. The molecule has 0 atom stereocenters. The molecule has 1 aromatic carbocycles. The lowest BCUT2D eigenvalue weighted by atomic mass is 9.93. The highest BCUT2D eigenvalue weighted by Crippen LogP contribution is 2.46. The van der Waals surface area contributed by atoms with Crippen molar-refractivity contribution in [1.82, 2.24) is 29.7 Å². The Hall–Kier alpha value is -3.50. The van der Waals surface area contributed by atoms with E-state index < -0.39 is 11.6 Å². The zero-order valence-corrected chi connectivity index (χ0v) is 22.9. The van der Waals surface area contributed by atoms with Gasteiger partial charge in [0, 0.05) is 54.6 Å². The average Bonchev–Trinajstić information content (AvgIpc) is 3.46. The second-order valence-corrected chi connectivity index (χ2v) is 11.7. The molecule has 200 valence electrons. The molecule has 1 fully saturated rings. The Balaban J connectivity index is 1.14. The van der Waals surface area contributed by atoms with Crippen molar-refractivity contribution in [3.63, 3.8) is 0 Å².